The number of hydrogen-bond donors (Lipinski definition) is 0. The molecule has 2 aliphatic rings. The molecular weight excluding hydrogens is 280 g/mol. The third-order valence-corrected chi connectivity index (χ3v) is 5.80. The summed E-state index contributed by atoms with van der Waals surface area (Å²) in [6.45, 7) is 6.73. The maximum atomic E-state index is 5.54. The first-order valence-corrected chi connectivity index (χ1v) is 9.35. The van der Waals surface area contributed by atoms with E-state index in [1.165, 1.54) is 56.1 Å². The Kier molecular flexibility index (Phi) is 5.59. The van der Waals surface area contributed by atoms with Gasteiger partial charge in [0.1, 0.15) is 5.75 Å². The lowest BCUT2D eigenvalue weighted by molar-refractivity contribution is 0.212. The second kappa shape index (κ2) is 7.86. The van der Waals surface area contributed by atoms with Crippen LogP contribution >= 0.6 is 0 Å². The van der Waals surface area contributed by atoms with Crippen molar-refractivity contribution in [2.75, 3.05) is 6.61 Å². The van der Waals surface area contributed by atoms with Gasteiger partial charge in [-0.3, -0.25) is 0 Å². The van der Waals surface area contributed by atoms with Gasteiger partial charge in [0.2, 0.25) is 0 Å². The Morgan fingerprint density at radius 3 is 2.35 bits per heavy atom. The summed E-state index contributed by atoms with van der Waals surface area (Å²) in [5.74, 6) is 3.62. The molecule has 0 spiro atoms. The zero-order chi connectivity index (χ0) is 16.1. The van der Waals surface area contributed by atoms with Crippen LogP contribution in [-0.2, 0) is 0 Å². The molecule has 0 heterocycles. The molecule has 1 atom stereocenters. The SMILES string of the molecule is C=CC1CCC(C2CC=C(c3ccc(OCC)cc3)CC2)CC1. The van der Waals surface area contributed by atoms with Crippen LogP contribution in [0.15, 0.2) is 43.0 Å². The average Bonchev–Trinajstić information content (AvgIpc) is 2.63. The number of hydrogen-bond acceptors (Lipinski definition) is 1. The van der Waals surface area contributed by atoms with E-state index in [0.717, 1.165) is 30.1 Å². The average molecular weight is 310 g/mol. The molecule has 0 aromatic heterocycles. The van der Waals surface area contributed by atoms with Crippen LogP contribution in [0.25, 0.3) is 5.57 Å². The molecule has 1 heteroatoms. The van der Waals surface area contributed by atoms with Crippen LogP contribution in [0.3, 0.4) is 0 Å². The Balaban J connectivity index is 1.56. The molecule has 23 heavy (non-hydrogen) atoms. The van der Waals surface area contributed by atoms with Gasteiger partial charge in [0.15, 0.2) is 0 Å². The fourth-order valence-corrected chi connectivity index (χ4v) is 4.33. The van der Waals surface area contributed by atoms with Crippen LogP contribution in [0, 0.1) is 17.8 Å². The summed E-state index contributed by atoms with van der Waals surface area (Å²) in [6, 6.07) is 8.63. The zero-order valence-electron chi connectivity index (χ0n) is 14.5. The highest BCUT2D eigenvalue weighted by Gasteiger charge is 2.27. The molecule has 1 fully saturated rings. The predicted molar refractivity (Wildman–Crippen MR) is 98.6 cm³/mol. The minimum Gasteiger partial charge on any atom is -0.494 e. The maximum absolute atomic E-state index is 5.54. The summed E-state index contributed by atoms with van der Waals surface area (Å²) in [7, 11) is 0. The van der Waals surface area contributed by atoms with Crippen molar-refractivity contribution >= 4 is 5.57 Å². The van der Waals surface area contributed by atoms with Gasteiger partial charge in [-0.25, -0.2) is 0 Å². The van der Waals surface area contributed by atoms with E-state index in [-0.39, 0.29) is 0 Å². The molecule has 1 nitrogen and oxygen atoms in total. The molecule has 1 saturated carbocycles. The van der Waals surface area contributed by atoms with Crippen LogP contribution in [0.1, 0.15) is 57.4 Å². The smallest absolute Gasteiger partial charge is 0.119 e. The van der Waals surface area contributed by atoms with Gasteiger partial charge in [0, 0.05) is 0 Å². The Morgan fingerprint density at radius 1 is 1.04 bits per heavy atom. The van der Waals surface area contributed by atoms with Crippen molar-refractivity contribution in [1.82, 2.24) is 0 Å². The van der Waals surface area contributed by atoms with Gasteiger partial charge in [-0.05, 0) is 92.9 Å². The summed E-state index contributed by atoms with van der Waals surface area (Å²) in [5, 5.41) is 0. The van der Waals surface area contributed by atoms with Crippen LogP contribution in [-0.4, -0.2) is 6.61 Å². The van der Waals surface area contributed by atoms with Crippen molar-refractivity contribution in [3.63, 3.8) is 0 Å². The largest absolute Gasteiger partial charge is 0.494 e. The first-order valence-electron chi connectivity index (χ1n) is 9.35. The molecule has 0 bridgehead atoms. The minimum atomic E-state index is 0.734. The molecule has 0 saturated heterocycles. The zero-order valence-corrected chi connectivity index (χ0v) is 14.5. The normalized spacial score (nSPS) is 28.0. The molecule has 1 aromatic carbocycles. The lowest BCUT2D eigenvalue weighted by Gasteiger charge is -2.34. The second-order valence-corrected chi connectivity index (χ2v) is 7.13. The van der Waals surface area contributed by atoms with Gasteiger partial charge in [-0.1, -0.05) is 24.3 Å². The van der Waals surface area contributed by atoms with E-state index in [9.17, 15) is 0 Å². The third-order valence-electron chi connectivity index (χ3n) is 5.80. The fraction of sp³-hybridized carbons (Fsp3) is 0.545. The standard InChI is InChI=1S/C22H30O/c1-3-17-5-7-18(8-6-17)19-9-11-20(12-10-19)21-13-15-22(16-14-21)23-4-2/h3,11,13-19H,1,4-10,12H2,2H3. The highest BCUT2D eigenvalue weighted by molar-refractivity contribution is 5.66. The molecule has 2 aliphatic carbocycles. The van der Waals surface area contributed by atoms with E-state index >= 15 is 0 Å². The van der Waals surface area contributed by atoms with E-state index < -0.39 is 0 Å². The van der Waals surface area contributed by atoms with Gasteiger partial charge >= 0.3 is 0 Å². The monoisotopic (exact) mass is 310 g/mol. The number of allylic oxidation sites excluding steroid dienone is 3. The Bertz CT molecular complexity index is 532. The number of ether oxygens (including phenoxy) is 1. The lowest BCUT2D eigenvalue weighted by atomic mass is 9.71. The maximum Gasteiger partial charge on any atom is 0.119 e. The van der Waals surface area contributed by atoms with Gasteiger partial charge in [0.25, 0.3) is 0 Å². The van der Waals surface area contributed by atoms with Crippen LogP contribution in [0.5, 0.6) is 5.75 Å². The minimum absolute atomic E-state index is 0.734. The second-order valence-electron chi connectivity index (χ2n) is 7.13. The Hall–Kier alpha value is -1.50. The van der Waals surface area contributed by atoms with Gasteiger partial charge in [-0.15, -0.1) is 6.58 Å². The van der Waals surface area contributed by atoms with Crippen molar-refractivity contribution in [2.45, 2.75) is 51.9 Å². The van der Waals surface area contributed by atoms with Crippen molar-refractivity contribution in [3.8, 4) is 5.75 Å². The van der Waals surface area contributed by atoms with Crippen molar-refractivity contribution in [2.24, 2.45) is 17.8 Å². The van der Waals surface area contributed by atoms with Gasteiger partial charge in [-0.2, -0.15) is 0 Å². The molecule has 0 aliphatic heterocycles. The van der Waals surface area contributed by atoms with Gasteiger partial charge < -0.3 is 4.74 Å². The summed E-state index contributed by atoms with van der Waals surface area (Å²) in [4.78, 5) is 0. The molecule has 1 aromatic rings. The molecule has 0 radical (unpaired) electrons. The van der Waals surface area contributed by atoms with Crippen LogP contribution in [0.2, 0.25) is 0 Å². The topological polar surface area (TPSA) is 9.23 Å². The first-order chi connectivity index (χ1) is 11.3. The van der Waals surface area contributed by atoms with Crippen molar-refractivity contribution < 1.29 is 4.74 Å². The van der Waals surface area contributed by atoms with E-state index in [0.29, 0.717) is 0 Å². The van der Waals surface area contributed by atoms with E-state index in [1.54, 1.807) is 0 Å². The number of rotatable bonds is 5. The number of benzene rings is 1. The molecule has 0 amide bonds. The molecule has 3 rings (SSSR count). The molecular formula is C22H30O. The quantitative estimate of drug-likeness (QED) is 0.583. The molecule has 124 valence electrons. The first kappa shape index (κ1) is 16.4. The third kappa shape index (κ3) is 4.07. The fourth-order valence-electron chi connectivity index (χ4n) is 4.33. The highest BCUT2D eigenvalue weighted by Crippen LogP contribution is 2.41. The summed E-state index contributed by atoms with van der Waals surface area (Å²) in [6.07, 6.45) is 14.1. The molecule has 1 unspecified atom stereocenters. The van der Waals surface area contributed by atoms with Crippen molar-refractivity contribution in [1.29, 1.82) is 0 Å². The van der Waals surface area contributed by atoms with Crippen LogP contribution in [0.4, 0.5) is 0 Å². The summed E-state index contributed by atoms with van der Waals surface area (Å²) in [5.41, 5.74) is 2.91. The molecule has 0 N–H and O–H groups in total. The Morgan fingerprint density at radius 2 is 1.78 bits per heavy atom. The van der Waals surface area contributed by atoms with E-state index in [2.05, 4.69) is 43.0 Å². The Labute approximate surface area is 141 Å². The van der Waals surface area contributed by atoms with Crippen molar-refractivity contribution in [3.05, 3.63) is 48.6 Å². The lowest BCUT2D eigenvalue weighted by Crippen LogP contribution is -2.22. The van der Waals surface area contributed by atoms with E-state index in [4.69, 9.17) is 4.74 Å². The summed E-state index contributed by atoms with van der Waals surface area (Å²) < 4.78 is 5.54. The predicted octanol–water partition coefficient (Wildman–Crippen LogP) is 6.26. The van der Waals surface area contributed by atoms with Gasteiger partial charge in [0.05, 0.1) is 6.61 Å². The van der Waals surface area contributed by atoms with E-state index in [1.807, 2.05) is 6.92 Å². The summed E-state index contributed by atoms with van der Waals surface area (Å²) >= 11 is 0. The highest BCUT2D eigenvalue weighted by atomic mass is 16.5. The van der Waals surface area contributed by atoms with Crippen LogP contribution < -0.4 is 4.74 Å².